The quantitative estimate of drug-likeness (QED) is 0.577. The normalized spacial score (nSPS) is 10.3. The topological polar surface area (TPSA) is 77.9 Å². The molecule has 0 aliphatic heterocycles. The van der Waals surface area contributed by atoms with Crippen molar-refractivity contribution in [1.29, 1.82) is 5.41 Å². The van der Waals surface area contributed by atoms with Crippen molar-refractivity contribution in [2.75, 3.05) is 16.9 Å². The van der Waals surface area contributed by atoms with Crippen molar-refractivity contribution in [3.63, 3.8) is 0 Å². The number of aromatic nitrogens is 1. The summed E-state index contributed by atoms with van der Waals surface area (Å²) in [5, 5.41) is 16.3. The smallest absolute Gasteiger partial charge is 0.223 e. The Bertz CT molecular complexity index is 652. The summed E-state index contributed by atoms with van der Waals surface area (Å²) in [6.07, 6.45) is 3.60. The predicted octanol–water partition coefficient (Wildman–Crippen LogP) is 3.60. The van der Waals surface area contributed by atoms with Crippen molar-refractivity contribution in [2.45, 2.75) is 19.8 Å². The molecule has 0 fully saturated rings. The number of nitrogens with zero attached hydrogens (tertiary/aromatic N) is 1. The number of thioether (sulfide) groups is 1. The van der Waals surface area contributed by atoms with E-state index in [0.29, 0.717) is 10.3 Å². The van der Waals surface area contributed by atoms with Gasteiger partial charge in [0, 0.05) is 18.0 Å². The molecule has 5 nitrogen and oxygen atoms in total. The lowest BCUT2D eigenvalue weighted by Gasteiger charge is -2.06. The molecule has 0 saturated carbocycles. The molecule has 7 heteroatoms. The molecule has 2 rings (SSSR count). The van der Waals surface area contributed by atoms with Gasteiger partial charge in [0.15, 0.2) is 10.3 Å². The summed E-state index contributed by atoms with van der Waals surface area (Å²) in [6.45, 7) is 1.48. The van der Waals surface area contributed by atoms with E-state index < -0.39 is 0 Å². The Morgan fingerprint density at radius 1 is 1.27 bits per heavy atom. The SMILES string of the molecule is CSC(=N)Nc1ccc(CCc2csc(NC(C)=O)n2)cc1. The monoisotopic (exact) mass is 334 g/mol. The molecule has 0 atom stereocenters. The van der Waals surface area contributed by atoms with Crippen LogP contribution in [0.3, 0.4) is 0 Å². The minimum absolute atomic E-state index is 0.0974. The Balaban J connectivity index is 1.87. The highest BCUT2D eigenvalue weighted by Crippen LogP contribution is 2.18. The van der Waals surface area contributed by atoms with Gasteiger partial charge in [-0.1, -0.05) is 23.9 Å². The van der Waals surface area contributed by atoms with Gasteiger partial charge < -0.3 is 10.6 Å². The van der Waals surface area contributed by atoms with Gasteiger partial charge in [-0.15, -0.1) is 11.3 Å². The molecule has 1 aromatic carbocycles. The Hall–Kier alpha value is -1.86. The number of hydrogen-bond acceptors (Lipinski definition) is 5. The van der Waals surface area contributed by atoms with Crippen LogP contribution < -0.4 is 10.6 Å². The van der Waals surface area contributed by atoms with E-state index in [-0.39, 0.29) is 5.91 Å². The molecular formula is C15H18N4OS2. The lowest BCUT2D eigenvalue weighted by molar-refractivity contribution is -0.114. The lowest BCUT2D eigenvalue weighted by Crippen LogP contribution is -2.05. The van der Waals surface area contributed by atoms with Gasteiger partial charge in [-0.2, -0.15) is 0 Å². The molecule has 0 unspecified atom stereocenters. The first-order chi connectivity index (χ1) is 10.6. The van der Waals surface area contributed by atoms with Gasteiger partial charge >= 0.3 is 0 Å². The van der Waals surface area contributed by atoms with Gasteiger partial charge in [0.05, 0.1) is 5.69 Å². The van der Waals surface area contributed by atoms with Crippen LogP contribution in [0.1, 0.15) is 18.2 Å². The van der Waals surface area contributed by atoms with Crippen molar-refractivity contribution in [1.82, 2.24) is 4.98 Å². The molecule has 22 heavy (non-hydrogen) atoms. The van der Waals surface area contributed by atoms with Gasteiger partial charge in [-0.3, -0.25) is 10.2 Å². The largest absolute Gasteiger partial charge is 0.335 e. The number of amides is 1. The Labute approximate surface area is 138 Å². The van der Waals surface area contributed by atoms with Crippen LogP contribution in [0.2, 0.25) is 0 Å². The van der Waals surface area contributed by atoms with Crippen LogP contribution in [0.5, 0.6) is 0 Å². The number of aryl methyl sites for hydroxylation is 2. The fraction of sp³-hybridized carbons (Fsp3) is 0.267. The van der Waals surface area contributed by atoms with Gasteiger partial charge in [0.1, 0.15) is 0 Å². The van der Waals surface area contributed by atoms with Crippen LogP contribution in [-0.2, 0) is 17.6 Å². The summed E-state index contributed by atoms with van der Waals surface area (Å²) in [7, 11) is 0. The first-order valence-corrected chi connectivity index (χ1v) is 8.88. The number of carbonyl (C=O) groups is 1. The van der Waals surface area contributed by atoms with Crippen molar-refractivity contribution in [3.05, 3.63) is 40.9 Å². The number of anilines is 2. The predicted molar refractivity (Wildman–Crippen MR) is 95.1 cm³/mol. The molecule has 1 aromatic heterocycles. The number of carbonyl (C=O) groups excluding carboxylic acids is 1. The average molecular weight is 334 g/mol. The third-order valence-electron chi connectivity index (χ3n) is 2.92. The summed E-state index contributed by atoms with van der Waals surface area (Å²) in [4.78, 5) is 15.3. The molecule has 1 heterocycles. The first-order valence-electron chi connectivity index (χ1n) is 6.77. The number of hydrogen-bond donors (Lipinski definition) is 3. The highest BCUT2D eigenvalue weighted by atomic mass is 32.2. The molecule has 0 aliphatic carbocycles. The number of benzene rings is 1. The fourth-order valence-electron chi connectivity index (χ4n) is 1.84. The van der Waals surface area contributed by atoms with Crippen LogP contribution in [0.15, 0.2) is 29.6 Å². The summed E-state index contributed by atoms with van der Waals surface area (Å²) >= 11 is 2.82. The standard InChI is InChI=1S/C15H18N4OS2/c1-10(20)17-15-19-13(9-22-15)8-5-11-3-6-12(7-4-11)18-14(16)21-2/h3-4,6-7,9H,5,8H2,1-2H3,(H2,16,18)(H,17,19,20). The zero-order valence-corrected chi connectivity index (χ0v) is 14.1. The van der Waals surface area contributed by atoms with Crippen LogP contribution in [0.4, 0.5) is 10.8 Å². The van der Waals surface area contributed by atoms with Crippen LogP contribution >= 0.6 is 23.1 Å². The van der Waals surface area contributed by atoms with Gasteiger partial charge in [-0.05, 0) is 36.8 Å². The van der Waals surface area contributed by atoms with Crippen molar-refractivity contribution in [2.24, 2.45) is 0 Å². The number of nitrogens with one attached hydrogen (secondary N) is 3. The Morgan fingerprint density at radius 2 is 2.00 bits per heavy atom. The third-order valence-corrected chi connectivity index (χ3v) is 4.24. The highest BCUT2D eigenvalue weighted by molar-refractivity contribution is 8.13. The Kier molecular flexibility index (Phi) is 5.97. The summed E-state index contributed by atoms with van der Waals surface area (Å²) in [5.74, 6) is -0.0974. The summed E-state index contributed by atoms with van der Waals surface area (Å²) in [5.41, 5.74) is 3.13. The van der Waals surface area contributed by atoms with Crippen molar-refractivity contribution in [3.8, 4) is 0 Å². The van der Waals surface area contributed by atoms with E-state index in [1.54, 1.807) is 0 Å². The van der Waals surface area contributed by atoms with E-state index in [4.69, 9.17) is 5.41 Å². The summed E-state index contributed by atoms with van der Waals surface area (Å²) < 4.78 is 0. The van der Waals surface area contributed by atoms with E-state index in [9.17, 15) is 4.79 Å². The molecule has 3 N–H and O–H groups in total. The maximum Gasteiger partial charge on any atom is 0.223 e. The molecule has 0 aliphatic rings. The van der Waals surface area contributed by atoms with Gasteiger partial charge in [0.2, 0.25) is 5.91 Å². The zero-order chi connectivity index (χ0) is 15.9. The number of thiazole rings is 1. The van der Waals surface area contributed by atoms with E-state index >= 15 is 0 Å². The molecule has 0 spiro atoms. The molecule has 0 bridgehead atoms. The minimum atomic E-state index is -0.0974. The van der Waals surface area contributed by atoms with E-state index in [2.05, 4.69) is 27.8 Å². The highest BCUT2D eigenvalue weighted by Gasteiger charge is 2.04. The lowest BCUT2D eigenvalue weighted by atomic mass is 10.1. The van der Waals surface area contributed by atoms with Crippen molar-refractivity contribution >= 4 is 45.0 Å². The molecule has 0 saturated heterocycles. The van der Waals surface area contributed by atoms with Gasteiger partial charge in [0.25, 0.3) is 0 Å². The molecule has 2 aromatic rings. The van der Waals surface area contributed by atoms with E-state index in [1.165, 1.54) is 35.6 Å². The first kappa shape index (κ1) is 16.5. The molecule has 1 amide bonds. The average Bonchev–Trinajstić information content (AvgIpc) is 2.93. The van der Waals surface area contributed by atoms with Crippen LogP contribution in [-0.4, -0.2) is 22.3 Å². The third kappa shape index (κ3) is 5.16. The minimum Gasteiger partial charge on any atom is -0.335 e. The van der Waals surface area contributed by atoms with Gasteiger partial charge in [-0.25, -0.2) is 4.98 Å². The molecule has 116 valence electrons. The second-order valence-electron chi connectivity index (χ2n) is 4.68. The van der Waals surface area contributed by atoms with E-state index in [0.717, 1.165) is 24.2 Å². The fourth-order valence-corrected chi connectivity index (χ4v) is 2.85. The molecule has 0 radical (unpaired) electrons. The second kappa shape index (κ2) is 7.95. The number of rotatable bonds is 5. The number of amidine groups is 1. The second-order valence-corrected chi connectivity index (χ2v) is 6.35. The maximum atomic E-state index is 11.0. The maximum absolute atomic E-state index is 11.0. The summed E-state index contributed by atoms with van der Waals surface area (Å²) in [6, 6.07) is 8.06. The van der Waals surface area contributed by atoms with Crippen LogP contribution in [0, 0.1) is 5.41 Å². The van der Waals surface area contributed by atoms with E-state index in [1.807, 2.05) is 23.8 Å². The zero-order valence-electron chi connectivity index (χ0n) is 12.5. The van der Waals surface area contributed by atoms with Crippen LogP contribution in [0.25, 0.3) is 0 Å². The molecular weight excluding hydrogens is 316 g/mol. The van der Waals surface area contributed by atoms with Crippen molar-refractivity contribution < 1.29 is 4.79 Å². The Morgan fingerprint density at radius 3 is 2.64 bits per heavy atom.